The van der Waals surface area contributed by atoms with Gasteiger partial charge in [-0.3, -0.25) is 4.79 Å². The van der Waals surface area contributed by atoms with Gasteiger partial charge in [-0.15, -0.1) is 0 Å². The number of nitrogens with zero attached hydrogens (tertiary/aromatic N) is 1. The van der Waals surface area contributed by atoms with Crippen LogP contribution in [0, 0.1) is 18.6 Å². The van der Waals surface area contributed by atoms with E-state index in [0.717, 1.165) is 18.2 Å². The Morgan fingerprint density at radius 3 is 2.40 bits per heavy atom. The monoisotopic (exact) mass is 421 g/mol. The molecule has 2 aromatic rings. The molecule has 0 aromatic heterocycles. The van der Waals surface area contributed by atoms with Gasteiger partial charge in [-0.1, -0.05) is 6.58 Å². The minimum absolute atomic E-state index is 0.0541. The van der Waals surface area contributed by atoms with Crippen LogP contribution in [0.3, 0.4) is 0 Å². The number of hydrogen-bond donors (Lipinski definition) is 2. The summed E-state index contributed by atoms with van der Waals surface area (Å²) in [6.07, 6.45) is 1.08. The second-order valence-corrected chi connectivity index (χ2v) is 7.46. The van der Waals surface area contributed by atoms with Gasteiger partial charge in [0, 0.05) is 30.4 Å². The van der Waals surface area contributed by atoms with Crippen LogP contribution in [0.25, 0.3) is 0 Å². The van der Waals surface area contributed by atoms with Crippen LogP contribution < -0.4 is 11.1 Å². The molecular weight excluding hydrogens is 398 g/mol. The van der Waals surface area contributed by atoms with Crippen LogP contribution in [0.1, 0.15) is 34.3 Å². The number of benzene rings is 2. The van der Waals surface area contributed by atoms with Crippen molar-refractivity contribution in [2.24, 2.45) is 5.73 Å². The van der Waals surface area contributed by atoms with E-state index in [1.54, 1.807) is 0 Å². The molecule has 4 nitrogen and oxygen atoms in total. The van der Waals surface area contributed by atoms with Gasteiger partial charge in [-0.05, 0) is 61.7 Å². The number of amides is 1. The number of piperidine rings is 1. The normalized spacial score (nSPS) is 15.2. The van der Waals surface area contributed by atoms with Crippen molar-refractivity contribution in [2.75, 3.05) is 18.4 Å². The van der Waals surface area contributed by atoms with Crippen molar-refractivity contribution in [2.45, 2.75) is 31.7 Å². The first-order chi connectivity index (χ1) is 14.1. The fourth-order valence-electron chi connectivity index (χ4n) is 3.36. The molecule has 0 radical (unpaired) electrons. The highest BCUT2D eigenvalue weighted by atomic mass is 19.3. The number of hydrogen-bond acceptors (Lipinski definition) is 3. The first-order valence-electron chi connectivity index (χ1n) is 9.55. The molecular formula is C22H23F4N3O. The van der Waals surface area contributed by atoms with E-state index < -0.39 is 34.7 Å². The number of alkyl halides is 2. The summed E-state index contributed by atoms with van der Waals surface area (Å²) in [5.41, 5.74) is 4.81. The van der Waals surface area contributed by atoms with E-state index in [-0.39, 0.29) is 11.6 Å². The third-order valence-corrected chi connectivity index (χ3v) is 5.27. The van der Waals surface area contributed by atoms with Gasteiger partial charge in [0.2, 0.25) is 0 Å². The van der Waals surface area contributed by atoms with E-state index >= 15 is 8.78 Å². The highest BCUT2D eigenvalue weighted by Crippen LogP contribution is 2.39. The molecule has 2 aromatic carbocycles. The zero-order chi connectivity index (χ0) is 22.1. The van der Waals surface area contributed by atoms with Gasteiger partial charge in [-0.25, -0.2) is 8.78 Å². The smallest absolute Gasteiger partial charge is 0.314 e. The van der Waals surface area contributed by atoms with Gasteiger partial charge in [0.05, 0.1) is 11.3 Å². The third kappa shape index (κ3) is 4.48. The van der Waals surface area contributed by atoms with Gasteiger partial charge in [0.1, 0.15) is 11.6 Å². The number of aryl methyl sites for hydroxylation is 1. The maximum Gasteiger partial charge on any atom is 0.314 e. The molecule has 30 heavy (non-hydrogen) atoms. The Kier molecular flexibility index (Phi) is 6.17. The van der Waals surface area contributed by atoms with Crippen molar-refractivity contribution >= 4 is 11.6 Å². The molecule has 0 aliphatic carbocycles. The van der Waals surface area contributed by atoms with Crippen LogP contribution in [0.15, 0.2) is 48.7 Å². The zero-order valence-electron chi connectivity index (χ0n) is 16.5. The number of halogens is 4. The maximum atomic E-state index is 15.1. The number of carbonyl (C=O) groups excluding carboxylic acids is 1. The predicted molar refractivity (Wildman–Crippen MR) is 107 cm³/mol. The number of carbonyl (C=O) groups is 1. The maximum absolute atomic E-state index is 15.1. The van der Waals surface area contributed by atoms with Crippen molar-refractivity contribution in [3.8, 4) is 0 Å². The number of nitrogens with one attached hydrogen (secondary N) is 1. The van der Waals surface area contributed by atoms with Crippen molar-refractivity contribution in [3.63, 3.8) is 0 Å². The number of allylic oxidation sites excluding steroid dienone is 1. The summed E-state index contributed by atoms with van der Waals surface area (Å²) in [5, 5.41) is 2.50. The van der Waals surface area contributed by atoms with Gasteiger partial charge in [-0.2, -0.15) is 8.78 Å². The van der Waals surface area contributed by atoms with Crippen molar-refractivity contribution < 1.29 is 22.4 Å². The van der Waals surface area contributed by atoms with Gasteiger partial charge in [0.25, 0.3) is 5.91 Å². The van der Waals surface area contributed by atoms with Crippen LogP contribution >= 0.6 is 0 Å². The Morgan fingerprint density at radius 1 is 1.13 bits per heavy atom. The average molecular weight is 421 g/mol. The molecule has 8 heteroatoms. The summed E-state index contributed by atoms with van der Waals surface area (Å²) in [5.74, 6) is -5.99. The first kappa shape index (κ1) is 21.8. The largest absolute Gasteiger partial charge is 0.370 e. The number of likely N-dealkylation sites (tertiary alicyclic amines) is 1. The minimum Gasteiger partial charge on any atom is -0.370 e. The average Bonchev–Trinajstić information content (AvgIpc) is 2.71. The van der Waals surface area contributed by atoms with E-state index in [4.69, 9.17) is 5.73 Å². The Labute approximate surface area is 172 Å². The molecule has 1 heterocycles. The molecule has 1 aliphatic rings. The second kappa shape index (κ2) is 8.47. The Bertz CT molecular complexity index is 969. The summed E-state index contributed by atoms with van der Waals surface area (Å²) < 4.78 is 57.8. The fourth-order valence-corrected chi connectivity index (χ4v) is 3.36. The summed E-state index contributed by atoms with van der Waals surface area (Å²) in [6, 6.07) is 6.65. The quantitative estimate of drug-likeness (QED) is 0.697. The molecule has 0 atom stereocenters. The number of rotatable bonds is 5. The van der Waals surface area contributed by atoms with Crippen molar-refractivity contribution in [1.29, 1.82) is 0 Å². The fraction of sp³-hybridized carbons (Fsp3) is 0.318. The lowest BCUT2D eigenvalue weighted by Crippen LogP contribution is -2.42. The molecule has 0 bridgehead atoms. The summed E-state index contributed by atoms with van der Waals surface area (Å²) in [4.78, 5) is 13.9. The lowest BCUT2D eigenvalue weighted by Gasteiger charge is -2.36. The zero-order valence-corrected chi connectivity index (χ0v) is 16.5. The molecule has 160 valence electrons. The van der Waals surface area contributed by atoms with Gasteiger partial charge < -0.3 is 16.0 Å². The second-order valence-electron chi connectivity index (χ2n) is 7.46. The molecule has 0 saturated carbocycles. The Hall–Kier alpha value is -2.87. The van der Waals surface area contributed by atoms with Crippen LogP contribution in [0.4, 0.5) is 23.2 Å². The van der Waals surface area contributed by atoms with Crippen LogP contribution in [-0.2, 0) is 5.92 Å². The molecule has 1 fully saturated rings. The van der Waals surface area contributed by atoms with Crippen LogP contribution in [-0.4, -0.2) is 29.9 Å². The lowest BCUT2D eigenvalue weighted by atomic mass is 9.99. The number of anilines is 1. The first-order valence-corrected chi connectivity index (χ1v) is 9.55. The topological polar surface area (TPSA) is 58.4 Å². The van der Waals surface area contributed by atoms with Crippen LogP contribution in [0.5, 0.6) is 0 Å². The lowest BCUT2D eigenvalue weighted by molar-refractivity contribution is -0.000441. The van der Waals surface area contributed by atoms with Gasteiger partial charge in [0.15, 0.2) is 0 Å². The highest BCUT2D eigenvalue weighted by molar-refractivity contribution is 6.04. The third-order valence-electron chi connectivity index (χ3n) is 5.27. The van der Waals surface area contributed by atoms with E-state index in [9.17, 15) is 13.6 Å². The van der Waals surface area contributed by atoms with E-state index in [0.29, 0.717) is 37.2 Å². The SMILES string of the molecule is C=C(N1CCC(N)CC1)C(F)(F)c1cc(C(=O)Nc2ccc(F)c(C)c2)ccc1F. The van der Waals surface area contributed by atoms with Crippen molar-refractivity contribution in [3.05, 3.63) is 77.0 Å². The molecule has 1 aliphatic heterocycles. The van der Waals surface area contributed by atoms with Crippen molar-refractivity contribution in [1.82, 2.24) is 4.90 Å². The summed E-state index contributed by atoms with van der Waals surface area (Å²) in [7, 11) is 0. The van der Waals surface area contributed by atoms with Gasteiger partial charge >= 0.3 is 5.92 Å². The standard InChI is InChI=1S/C22H23F4N3O/c1-13-11-17(4-6-19(13)23)28-21(30)15-3-5-20(24)18(12-15)22(25,26)14(2)29-9-7-16(27)8-10-29/h3-6,11-12,16H,2,7-10,27H2,1H3,(H,28,30). The van der Waals surface area contributed by atoms with E-state index in [1.807, 2.05) is 0 Å². The molecule has 0 spiro atoms. The minimum atomic E-state index is -3.70. The molecule has 0 unspecified atom stereocenters. The van der Waals surface area contributed by atoms with E-state index in [2.05, 4.69) is 11.9 Å². The summed E-state index contributed by atoms with van der Waals surface area (Å²) in [6.45, 7) is 5.63. The highest BCUT2D eigenvalue weighted by Gasteiger charge is 2.41. The summed E-state index contributed by atoms with van der Waals surface area (Å²) >= 11 is 0. The number of nitrogens with two attached hydrogens (primary N) is 1. The molecule has 3 rings (SSSR count). The van der Waals surface area contributed by atoms with E-state index in [1.165, 1.54) is 30.0 Å². The molecule has 3 N–H and O–H groups in total. The molecule has 1 saturated heterocycles. The Morgan fingerprint density at radius 2 is 1.77 bits per heavy atom. The predicted octanol–water partition coefficient (Wildman–Crippen LogP) is 4.55. The Balaban J connectivity index is 1.83. The molecule has 1 amide bonds. The van der Waals surface area contributed by atoms with Crippen LogP contribution in [0.2, 0.25) is 0 Å².